The van der Waals surface area contributed by atoms with Gasteiger partial charge in [0.2, 0.25) is 0 Å². The van der Waals surface area contributed by atoms with Gasteiger partial charge < -0.3 is 5.73 Å². The molecule has 0 bridgehead atoms. The summed E-state index contributed by atoms with van der Waals surface area (Å²) >= 11 is 0. The van der Waals surface area contributed by atoms with E-state index in [1.54, 1.807) is 29.2 Å². The standard InChI is InChI=1S/C13H17F3NOP/c1-8-3-9(2)5-10(4-8)12(7-17,6-11(18)19)13(14,15)16/h3-5H,6-7,17,19H2,1-2H3. The smallest absolute Gasteiger partial charge is 0.329 e. The van der Waals surface area contributed by atoms with Gasteiger partial charge in [0, 0.05) is 13.0 Å². The van der Waals surface area contributed by atoms with E-state index in [1.165, 1.54) is 12.1 Å². The van der Waals surface area contributed by atoms with Crippen molar-refractivity contribution in [2.75, 3.05) is 6.54 Å². The van der Waals surface area contributed by atoms with Crippen LogP contribution < -0.4 is 5.73 Å². The lowest BCUT2D eigenvalue weighted by molar-refractivity contribution is -0.190. The molecule has 1 rings (SSSR count). The van der Waals surface area contributed by atoms with Gasteiger partial charge in [-0.2, -0.15) is 13.2 Å². The highest BCUT2D eigenvalue weighted by molar-refractivity contribution is 7.40. The van der Waals surface area contributed by atoms with Gasteiger partial charge in [0.05, 0.1) is 0 Å². The van der Waals surface area contributed by atoms with Gasteiger partial charge in [0.15, 0.2) is 0 Å². The van der Waals surface area contributed by atoms with E-state index < -0.39 is 30.1 Å². The number of nitrogens with two attached hydrogens (primary N) is 1. The number of carbonyl (C=O) groups is 1. The second kappa shape index (κ2) is 5.59. The normalized spacial score (nSPS) is 15.1. The maximum absolute atomic E-state index is 13.4. The van der Waals surface area contributed by atoms with E-state index in [9.17, 15) is 18.0 Å². The van der Waals surface area contributed by atoms with Crippen molar-refractivity contribution < 1.29 is 18.0 Å². The molecule has 2 nitrogen and oxygen atoms in total. The largest absolute Gasteiger partial charge is 0.400 e. The molecule has 0 saturated heterocycles. The SMILES string of the molecule is Cc1cc(C)cc(C(CN)(CC(=O)P)C(F)(F)F)c1. The van der Waals surface area contributed by atoms with Crippen LogP contribution in [0.3, 0.4) is 0 Å². The van der Waals surface area contributed by atoms with Crippen LogP contribution in [0.15, 0.2) is 18.2 Å². The number of rotatable bonds is 4. The van der Waals surface area contributed by atoms with E-state index in [0.717, 1.165) is 0 Å². The van der Waals surface area contributed by atoms with Crippen LogP contribution >= 0.6 is 9.24 Å². The van der Waals surface area contributed by atoms with Crippen molar-refractivity contribution in [2.24, 2.45) is 5.73 Å². The van der Waals surface area contributed by atoms with E-state index in [0.29, 0.717) is 11.1 Å². The second-order valence-electron chi connectivity index (χ2n) is 4.80. The quantitative estimate of drug-likeness (QED) is 0.867. The summed E-state index contributed by atoms with van der Waals surface area (Å²) in [6.07, 6.45) is -5.24. The molecule has 1 aromatic carbocycles. The van der Waals surface area contributed by atoms with Gasteiger partial charge in [0.25, 0.3) is 0 Å². The van der Waals surface area contributed by atoms with Crippen LogP contribution in [0.5, 0.6) is 0 Å². The van der Waals surface area contributed by atoms with Crippen LogP contribution in [0.25, 0.3) is 0 Å². The van der Waals surface area contributed by atoms with Crippen LogP contribution in [-0.2, 0) is 10.2 Å². The molecule has 2 N–H and O–H groups in total. The van der Waals surface area contributed by atoms with Crippen LogP contribution in [-0.4, -0.2) is 18.2 Å². The lowest BCUT2D eigenvalue weighted by Gasteiger charge is -2.34. The Hall–Kier alpha value is -0.930. The molecule has 6 heteroatoms. The lowest BCUT2D eigenvalue weighted by atomic mass is 9.76. The van der Waals surface area contributed by atoms with Crippen LogP contribution in [0.2, 0.25) is 0 Å². The third-order valence-electron chi connectivity index (χ3n) is 3.14. The molecule has 0 radical (unpaired) electrons. The summed E-state index contributed by atoms with van der Waals surface area (Å²) in [7, 11) is 1.79. The van der Waals surface area contributed by atoms with Crippen molar-refractivity contribution in [2.45, 2.75) is 31.9 Å². The number of benzene rings is 1. The highest BCUT2D eigenvalue weighted by Crippen LogP contribution is 2.44. The average Bonchev–Trinajstić information content (AvgIpc) is 2.22. The summed E-state index contributed by atoms with van der Waals surface area (Å²) in [5.74, 6) is 0. The molecule has 2 unspecified atom stereocenters. The van der Waals surface area contributed by atoms with Gasteiger partial charge in [-0.25, -0.2) is 0 Å². The second-order valence-corrected chi connectivity index (χ2v) is 5.45. The van der Waals surface area contributed by atoms with E-state index in [4.69, 9.17) is 5.73 Å². The van der Waals surface area contributed by atoms with Crippen molar-refractivity contribution in [1.29, 1.82) is 0 Å². The van der Waals surface area contributed by atoms with Crippen molar-refractivity contribution in [3.8, 4) is 0 Å². The Kier molecular flexibility index (Phi) is 4.75. The first-order valence-electron chi connectivity index (χ1n) is 5.76. The Morgan fingerprint density at radius 3 is 2.00 bits per heavy atom. The minimum absolute atomic E-state index is 0.0517. The van der Waals surface area contributed by atoms with Crippen LogP contribution in [0, 0.1) is 13.8 Å². The monoisotopic (exact) mass is 291 g/mol. The molecule has 0 saturated carbocycles. The molecule has 0 fully saturated rings. The Labute approximate surface area is 112 Å². The van der Waals surface area contributed by atoms with Crippen molar-refractivity contribution in [1.82, 2.24) is 0 Å². The van der Waals surface area contributed by atoms with E-state index in [-0.39, 0.29) is 5.56 Å². The van der Waals surface area contributed by atoms with Gasteiger partial charge in [-0.05, 0) is 19.4 Å². The summed E-state index contributed by atoms with van der Waals surface area (Å²) in [4.78, 5) is 11.2. The number of carbonyl (C=O) groups excluding carboxylic acids is 1. The molecular formula is C13H17F3NOP. The minimum Gasteiger partial charge on any atom is -0.329 e. The molecule has 2 atom stereocenters. The molecule has 0 amide bonds. The van der Waals surface area contributed by atoms with Crippen molar-refractivity contribution >= 4 is 14.8 Å². The summed E-state index contributed by atoms with van der Waals surface area (Å²) in [6, 6.07) is 4.67. The molecular weight excluding hydrogens is 274 g/mol. The van der Waals surface area contributed by atoms with Crippen LogP contribution in [0.4, 0.5) is 13.2 Å². The Morgan fingerprint density at radius 2 is 1.68 bits per heavy atom. The number of aryl methyl sites for hydroxylation is 2. The number of halogens is 3. The van der Waals surface area contributed by atoms with E-state index >= 15 is 0 Å². The molecule has 0 spiro atoms. The Balaban J connectivity index is 3.49. The lowest BCUT2D eigenvalue weighted by Crippen LogP contribution is -2.49. The molecule has 0 aliphatic heterocycles. The molecule has 0 aromatic heterocycles. The molecule has 1 aromatic rings. The number of hydrogen-bond donors (Lipinski definition) is 1. The zero-order chi connectivity index (χ0) is 14.8. The van der Waals surface area contributed by atoms with Crippen molar-refractivity contribution in [3.63, 3.8) is 0 Å². The third-order valence-corrected chi connectivity index (χ3v) is 3.35. The maximum atomic E-state index is 13.4. The molecule has 19 heavy (non-hydrogen) atoms. The number of alkyl halides is 3. The predicted octanol–water partition coefficient (Wildman–Crippen LogP) is 2.85. The minimum atomic E-state index is -4.58. The fourth-order valence-electron chi connectivity index (χ4n) is 2.22. The third kappa shape index (κ3) is 3.34. The zero-order valence-electron chi connectivity index (χ0n) is 10.8. The average molecular weight is 291 g/mol. The molecule has 0 aliphatic carbocycles. The topological polar surface area (TPSA) is 43.1 Å². The molecule has 106 valence electrons. The predicted molar refractivity (Wildman–Crippen MR) is 72.0 cm³/mol. The van der Waals surface area contributed by atoms with E-state index in [2.05, 4.69) is 0 Å². The zero-order valence-corrected chi connectivity index (χ0v) is 12.0. The first-order valence-corrected chi connectivity index (χ1v) is 6.34. The highest BCUT2D eigenvalue weighted by atomic mass is 31.0. The summed E-state index contributed by atoms with van der Waals surface area (Å²) in [6.45, 7) is 2.78. The summed E-state index contributed by atoms with van der Waals surface area (Å²) in [5, 5.41) is 0. The molecule has 0 aliphatic rings. The van der Waals surface area contributed by atoms with Gasteiger partial charge >= 0.3 is 6.18 Å². The van der Waals surface area contributed by atoms with Crippen LogP contribution in [0.1, 0.15) is 23.1 Å². The molecule has 0 heterocycles. The number of hydrogen-bond acceptors (Lipinski definition) is 2. The fraction of sp³-hybridized carbons (Fsp3) is 0.462. The first kappa shape index (κ1) is 16.1. The first-order chi connectivity index (χ1) is 8.62. The Bertz CT molecular complexity index is 467. The summed E-state index contributed by atoms with van der Waals surface area (Å²) in [5.41, 5.74) is 3.95. The Morgan fingerprint density at radius 1 is 1.21 bits per heavy atom. The summed E-state index contributed by atoms with van der Waals surface area (Å²) < 4.78 is 40.3. The van der Waals surface area contributed by atoms with E-state index in [1.807, 2.05) is 0 Å². The van der Waals surface area contributed by atoms with Crippen molar-refractivity contribution in [3.05, 3.63) is 34.9 Å². The van der Waals surface area contributed by atoms with Gasteiger partial charge in [0.1, 0.15) is 10.9 Å². The maximum Gasteiger partial charge on any atom is 0.400 e. The fourth-order valence-corrected chi connectivity index (χ4v) is 2.57. The van der Waals surface area contributed by atoms with Gasteiger partial charge in [-0.15, -0.1) is 0 Å². The highest BCUT2D eigenvalue weighted by Gasteiger charge is 2.55. The van der Waals surface area contributed by atoms with Gasteiger partial charge in [-0.3, -0.25) is 4.79 Å². The van der Waals surface area contributed by atoms with Gasteiger partial charge in [-0.1, -0.05) is 38.6 Å².